The molecule has 2 rings (SSSR count). The van der Waals surface area contributed by atoms with E-state index < -0.39 is 17.7 Å². The molecule has 1 unspecified atom stereocenters. The average molecular weight is 257 g/mol. The van der Waals surface area contributed by atoms with E-state index in [0.29, 0.717) is 11.5 Å². The van der Waals surface area contributed by atoms with E-state index in [-0.39, 0.29) is 0 Å². The van der Waals surface area contributed by atoms with Crippen LogP contribution in [0.3, 0.4) is 0 Å². The Morgan fingerprint density at radius 3 is 2.71 bits per heavy atom. The highest BCUT2D eigenvalue weighted by molar-refractivity contribution is 7.99. The van der Waals surface area contributed by atoms with Gasteiger partial charge in [-0.15, -0.1) is 0 Å². The molecular weight excluding hydrogens is 240 g/mol. The number of thioether (sulfide) groups is 1. The summed E-state index contributed by atoms with van der Waals surface area (Å²) in [6.45, 7) is 0. The van der Waals surface area contributed by atoms with Crippen molar-refractivity contribution in [3.05, 3.63) is 35.4 Å². The molecule has 1 aliphatic heterocycles. The first-order valence-corrected chi connectivity index (χ1v) is 7.11. The van der Waals surface area contributed by atoms with Crippen LogP contribution in [-0.4, -0.2) is 11.5 Å². The van der Waals surface area contributed by atoms with Gasteiger partial charge in [-0.05, 0) is 42.8 Å². The van der Waals surface area contributed by atoms with Gasteiger partial charge in [0.1, 0.15) is 0 Å². The second-order valence-electron chi connectivity index (χ2n) is 4.54. The Labute approximate surface area is 105 Å². The summed E-state index contributed by atoms with van der Waals surface area (Å²) in [5.41, 5.74) is 6.29. The Morgan fingerprint density at radius 1 is 1.29 bits per heavy atom. The second kappa shape index (κ2) is 5.83. The molecule has 0 aliphatic carbocycles. The van der Waals surface area contributed by atoms with Crippen LogP contribution < -0.4 is 5.73 Å². The number of nitrogens with two attached hydrogens (primary N) is 1. The number of rotatable bonds is 3. The van der Waals surface area contributed by atoms with Gasteiger partial charge in [0.15, 0.2) is 11.6 Å². The summed E-state index contributed by atoms with van der Waals surface area (Å²) in [4.78, 5) is 0. The van der Waals surface area contributed by atoms with Gasteiger partial charge in [0.2, 0.25) is 0 Å². The molecule has 1 saturated heterocycles. The minimum Gasteiger partial charge on any atom is -0.324 e. The quantitative estimate of drug-likeness (QED) is 0.897. The van der Waals surface area contributed by atoms with Crippen LogP contribution in [0.15, 0.2) is 18.2 Å². The van der Waals surface area contributed by atoms with Gasteiger partial charge >= 0.3 is 0 Å². The van der Waals surface area contributed by atoms with Gasteiger partial charge in [-0.1, -0.05) is 12.1 Å². The maximum Gasteiger partial charge on any atom is 0.163 e. The average Bonchev–Trinajstić information content (AvgIpc) is 2.34. The summed E-state index contributed by atoms with van der Waals surface area (Å²) in [5, 5.41) is 0. The van der Waals surface area contributed by atoms with Crippen molar-refractivity contribution in [3.8, 4) is 0 Å². The monoisotopic (exact) mass is 257 g/mol. The smallest absolute Gasteiger partial charge is 0.163 e. The van der Waals surface area contributed by atoms with Gasteiger partial charge in [0.05, 0.1) is 0 Å². The van der Waals surface area contributed by atoms with Crippen molar-refractivity contribution in [2.75, 3.05) is 11.5 Å². The molecule has 0 saturated carbocycles. The molecule has 1 fully saturated rings. The lowest BCUT2D eigenvalue weighted by Gasteiger charge is -2.24. The third kappa shape index (κ3) is 3.19. The van der Waals surface area contributed by atoms with Crippen molar-refractivity contribution < 1.29 is 8.78 Å². The number of halogens is 2. The number of hydrogen-bond donors (Lipinski definition) is 1. The zero-order valence-corrected chi connectivity index (χ0v) is 10.5. The van der Waals surface area contributed by atoms with Crippen molar-refractivity contribution in [1.82, 2.24) is 0 Å². The summed E-state index contributed by atoms with van der Waals surface area (Å²) in [5.74, 6) is 1.27. The Balaban J connectivity index is 2.03. The predicted octanol–water partition coefficient (Wildman–Crippen LogP) is 3.50. The van der Waals surface area contributed by atoms with Crippen molar-refractivity contribution in [2.24, 2.45) is 11.7 Å². The predicted molar refractivity (Wildman–Crippen MR) is 68.0 cm³/mol. The molecule has 0 aromatic heterocycles. The van der Waals surface area contributed by atoms with Crippen LogP contribution in [0.4, 0.5) is 8.78 Å². The molecule has 2 N–H and O–H groups in total. The Kier molecular flexibility index (Phi) is 4.40. The van der Waals surface area contributed by atoms with E-state index in [9.17, 15) is 8.78 Å². The lowest BCUT2D eigenvalue weighted by atomic mass is 9.91. The van der Waals surface area contributed by atoms with Crippen LogP contribution in [-0.2, 0) is 0 Å². The van der Waals surface area contributed by atoms with Crippen molar-refractivity contribution in [2.45, 2.75) is 25.3 Å². The highest BCUT2D eigenvalue weighted by Gasteiger charge is 2.20. The highest BCUT2D eigenvalue weighted by Crippen LogP contribution is 2.31. The zero-order chi connectivity index (χ0) is 12.3. The summed E-state index contributed by atoms with van der Waals surface area (Å²) in [6, 6.07) is 3.84. The molecule has 94 valence electrons. The molecule has 1 aliphatic rings. The van der Waals surface area contributed by atoms with E-state index in [1.807, 2.05) is 11.8 Å². The molecule has 0 spiro atoms. The van der Waals surface area contributed by atoms with E-state index in [0.717, 1.165) is 36.8 Å². The fourth-order valence-corrected chi connectivity index (χ4v) is 3.48. The molecule has 0 amide bonds. The SMILES string of the molecule is NC(CC1CCSCC1)c1cccc(F)c1F. The third-order valence-electron chi connectivity index (χ3n) is 3.31. The molecule has 1 nitrogen and oxygen atoms in total. The molecule has 4 heteroatoms. The van der Waals surface area contributed by atoms with Crippen LogP contribution in [0.25, 0.3) is 0 Å². The van der Waals surface area contributed by atoms with Crippen LogP contribution in [0.1, 0.15) is 30.9 Å². The van der Waals surface area contributed by atoms with E-state index in [1.54, 1.807) is 6.07 Å². The molecular formula is C13H17F2NS. The van der Waals surface area contributed by atoms with Gasteiger partial charge in [0.25, 0.3) is 0 Å². The maximum atomic E-state index is 13.5. The fourth-order valence-electron chi connectivity index (χ4n) is 2.28. The van der Waals surface area contributed by atoms with Crippen LogP contribution >= 0.6 is 11.8 Å². The van der Waals surface area contributed by atoms with E-state index in [2.05, 4.69) is 0 Å². The second-order valence-corrected chi connectivity index (χ2v) is 5.77. The van der Waals surface area contributed by atoms with Crippen molar-refractivity contribution in [3.63, 3.8) is 0 Å². The first kappa shape index (κ1) is 12.8. The fraction of sp³-hybridized carbons (Fsp3) is 0.538. The minimum atomic E-state index is -0.808. The van der Waals surface area contributed by atoms with Crippen LogP contribution in [0.5, 0.6) is 0 Å². The Hall–Kier alpha value is -0.610. The number of hydrogen-bond acceptors (Lipinski definition) is 2. The van der Waals surface area contributed by atoms with Crippen LogP contribution in [0, 0.1) is 17.6 Å². The topological polar surface area (TPSA) is 26.0 Å². The van der Waals surface area contributed by atoms with Gasteiger partial charge in [0, 0.05) is 11.6 Å². The summed E-state index contributed by atoms with van der Waals surface area (Å²) < 4.78 is 26.6. The Bertz CT molecular complexity index is 378. The molecule has 1 aromatic rings. The largest absolute Gasteiger partial charge is 0.324 e. The molecule has 0 radical (unpaired) electrons. The standard InChI is InChI=1S/C13H17F2NS/c14-11-3-1-2-10(13(11)15)12(16)8-9-4-6-17-7-5-9/h1-3,9,12H,4-8,16H2. The van der Waals surface area contributed by atoms with E-state index >= 15 is 0 Å². The normalized spacial score (nSPS) is 19.2. The van der Waals surface area contributed by atoms with Crippen molar-refractivity contribution >= 4 is 11.8 Å². The zero-order valence-electron chi connectivity index (χ0n) is 9.66. The molecule has 1 atom stereocenters. The van der Waals surface area contributed by atoms with Gasteiger partial charge < -0.3 is 5.73 Å². The third-order valence-corrected chi connectivity index (χ3v) is 4.36. The summed E-state index contributed by atoms with van der Waals surface area (Å²) >= 11 is 1.95. The lowest BCUT2D eigenvalue weighted by molar-refractivity contribution is 0.400. The molecule has 0 bridgehead atoms. The number of benzene rings is 1. The van der Waals surface area contributed by atoms with Gasteiger partial charge in [-0.25, -0.2) is 8.78 Å². The summed E-state index contributed by atoms with van der Waals surface area (Å²) in [7, 11) is 0. The first-order chi connectivity index (χ1) is 8.18. The summed E-state index contributed by atoms with van der Waals surface area (Å²) in [6.07, 6.45) is 3.02. The van der Waals surface area contributed by atoms with E-state index in [4.69, 9.17) is 5.73 Å². The highest BCUT2D eigenvalue weighted by atomic mass is 32.2. The first-order valence-electron chi connectivity index (χ1n) is 5.95. The Morgan fingerprint density at radius 2 is 2.00 bits per heavy atom. The molecule has 1 aromatic carbocycles. The van der Waals surface area contributed by atoms with Gasteiger partial charge in [-0.3, -0.25) is 0 Å². The minimum absolute atomic E-state index is 0.309. The maximum absolute atomic E-state index is 13.5. The van der Waals surface area contributed by atoms with Gasteiger partial charge in [-0.2, -0.15) is 11.8 Å². The van der Waals surface area contributed by atoms with Crippen LogP contribution in [0.2, 0.25) is 0 Å². The lowest BCUT2D eigenvalue weighted by Crippen LogP contribution is -2.20. The molecule has 1 heterocycles. The molecule has 17 heavy (non-hydrogen) atoms. The van der Waals surface area contributed by atoms with Crippen molar-refractivity contribution in [1.29, 1.82) is 0 Å². The van der Waals surface area contributed by atoms with E-state index in [1.165, 1.54) is 6.07 Å².